The topological polar surface area (TPSA) is 153 Å². The third kappa shape index (κ3) is 10.5. The van der Waals surface area contributed by atoms with E-state index >= 15 is 0 Å². The largest absolute Gasteiger partial charge is 0.357 e. The lowest BCUT2D eigenvalue weighted by molar-refractivity contribution is 0.290. The first kappa shape index (κ1) is 27.2. The molecule has 0 aliphatic heterocycles. The fourth-order valence-corrected chi connectivity index (χ4v) is 5.18. The maximum absolute atomic E-state index is 11.5. The van der Waals surface area contributed by atoms with Crippen LogP contribution >= 0.6 is 15.2 Å². The van der Waals surface area contributed by atoms with Crippen LogP contribution in [-0.4, -0.2) is 36.7 Å². The highest BCUT2D eigenvalue weighted by Gasteiger charge is 2.56. The predicted molar refractivity (Wildman–Crippen MR) is 110 cm³/mol. The van der Waals surface area contributed by atoms with Gasteiger partial charge in [-0.05, 0) is 26.8 Å². The van der Waals surface area contributed by atoms with Crippen molar-refractivity contribution in [2.75, 3.05) is 6.54 Å². The molecule has 8 nitrogen and oxygen atoms in total. The van der Waals surface area contributed by atoms with Crippen molar-refractivity contribution in [1.29, 1.82) is 0 Å². The zero-order valence-electron chi connectivity index (χ0n) is 17.1. The fourth-order valence-electron chi connectivity index (χ4n) is 3.01. The van der Waals surface area contributed by atoms with Crippen molar-refractivity contribution in [1.82, 2.24) is 5.32 Å². The number of nitrogens with two attached hydrogens (primary N) is 1. The van der Waals surface area contributed by atoms with Gasteiger partial charge in [-0.3, -0.25) is 9.13 Å². The fraction of sp³-hybridized carbons (Fsp3) is 1.00. The van der Waals surface area contributed by atoms with E-state index in [4.69, 9.17) is 5.73 Å². The van der Waals surface area contributed by atoms with Gasteiger partial charge < -0.3 is 30.6 Å². The minimum atomic E-state index is -5.16. The summed E-state index contributed by atoms with van der Waals surface area (Å²) in [5.74, 6) is 0. The monoisotopic (exact) mass is 430 g/mol. The zero-order valence-corrected chi connectivity index (χ0v) is 18.9. The molecule has 0 atom stereocenters. The third-order valence-corrected chi connectivity index (χ3v) is 9.04. The van der Waals surface area contributed by atoms with Crippen molar-refractivity contribution in [2.45, 2.75) is 102 Å². The summed E-state index contributed by atoms with van der Waals surface area (Å²) in [5, 5.41) is 0.271. The van der Waals surface area contributed by atoms with Crippen LogP contribution in [0.5, 0.6) is 0 Å². The number of nitrogens with one attached hydrogen (secondary N) is 1. The first-order valence-corrected chi connectivity index (χ1v) is 13.1. The minimum absolute atomic E-state index is 0.0111. The molecule has 27 heavy (non-hydrogen) atoms. The van der Waals surface area contributed by atoms with Gasteiger partial charge in [-0.25, -0.2) is 0 Å². The van der Waals surface area contributed by atoms with E-state index in [1.54, 1.807) is 0 Å². The molecule has 7 N–H and O–H groups in total. The van der Waals surface area contributed by atoms with E-state index in [0.29, 0.717) is 0 Å². The quantitative estimate of drug-likeness (QED) is 0.160. The number of hydrogen-bond acceptors (Lipinski definition) is 4. The Morgan fingerprint density at radius 2 is 1.19 bits per heavy atom. The van der Waals surface area contributed by atoms with Crippen molar-refractivity contribution < 1.29 is 28.7 Å². The molecule has 0 amide bonds. The van der Waals surface area contributed by atoms with Gasteiger partial charge in [-0.15, -0.1) is 0 Å². The molecule has 0 heterocycles. The molecular weight excluding hydrogens is 390 g/mol. The van der Waals surface area contributed by atoms with Crippen LogP contribution in [-0.2, 0) is 9.13 Å². The van der Waals surface area contributed by atoms with E-state index in [2.05, 4.69) is 12.2 Å². The Labute approximate surface area is 164 Å². The SMILES string of the molecule is CCCCCCCCCCCC(C)(C)NCCC(N)(P(=O)(O)O)P(=O)(O)O. The van der Waals surface area contributed by atoms with Crippen molar-refractivity contribution in [2.24, 2.45) is 5.73 Å². The highest BCUT2D eigenvalue weighted by molar-refractivity contribution is 7.72. The molecule has 0 aromatic heterocycles. The van der Waals surface area contributed by atoms with Crippen LogP contribution in [0.25, 0.3) is 0 Å². The van der Waals surface area contributed by atoms with Crippen molar-refractivity contribution in [3.8, 4) is 0 Å². The summed E-state index contributed by atoms with van der Waals surface area (Å²) in [6.45, 7) is 6.15. The predicted octanol–water partition coefficient (Wildman–Crippen LogP) is 3.63. The van der Waals surface area contributed by atoms with Crippen LogP contribution < -0.4 is 11.1 Å². The second-order valence-electron chi connectivity index (χ2n) is 8.11. The number of unbranched alkanes of at least 4 members (excludes halogenated alkanes) is 8. The van der Waals surface area contributed by atoms with Crippen molar-refractivity contribution in [3.63, 3.8) is 0 Å². The Hall–Kier alpha value is 0.220. The summed E-state index contributed by atoms with van der Waals surface area (Å²) in [5.41, 5.74) is 5.11. The third-order valence-electron chi connectivity index (χ3n) is 5.01. The lowest BCUT2D eigenvalue weighted by Gasteiger charge is -2.33. The molecule has 0 fully saturated rings. The van der Waals surface area contributed by atoms with Crippen molar-refractivity contribution in [3.05, 3.63) is 0 Å². The Morgan fingerprint density at radius 1 is 0.778 bits per heavy atom. The van der Waals surface area contributed by atoms with E-state index in [1.165, 1.54) is 44.9 Å². The van der Waals surface area contributed by atoms with Crippen molar-refractivity contribution >= 4 is 15.2 Å². The van der Waals surface area contributed by atoms with E-state index < -0.39 is 26.6 Å². The Bertz CT molecular complexity index is 482. The first-order valence-electron chi connectivity index (χ1n) is 9.92. The second kappa shape index (κ2) is 12.0. The molecule has 10 heteroatoms. The number of rotatable bonds is 16. The molecule has 0 aliphatic carbocycles. The molecule has 0 aromatic rings. The van der Waals surface area contributed by atoms with Gasteiger partial charge in [0.25, 0.3) is 0 Å². The van der Waals surface area contributed by atoms with Gasteiger partial charge in [0.2, 0.25) is 5.02 Å². The van der Waals surface area contributed by atoms with E-state index in [1.807, 2.05) is 13.8 Å². The van der Waals surface area contributed by atoms with Gasteiger partial charge in [0.1, 0.15) is 0 Å². The summed E-state index contributed by atoms with van der Waals surface area (Å²) in [7, 11) is -10.3. The Kier molecular flexibility index (Phi) is 12.1. The van der Waals surface area contributed by atoms with Gasteiger partial charge in [-0.2, -0.15) is 0 Å². The van der Waals surface area contributed by atoms with Crippen LogP contribution in [0.2, 0.25) is 0 Å². The van der Waals surface area contributed by atoms with Crippen LogP contribution in [0.15, 0.2) is 0 Å². The Balaban J connectivity index is 4.16. The van der Waals surface area contributed by atoms with Crippen LogP contribution in [0, 0.1) is 0 Å². The summed E-state index contributed by atoms with van der Waals surface area (Å²) in [6.07, 6.45) is 11.4. The summed E-state index contributed by atoms with van der Waals surface area (Å²) < 4.78 is 22.9. The molecule has 0 bridgehead atoms. The molecule has 0 saturated heterocycles. The normalized spacial score (nSPS) is 13.9. The Morgan fingerprint density at radius 3 is 1.59 bits per heavy atom. The molecule has 164 valence electrons. The lowest BCUT2D eigenvalue weighted by atomic mass is 9.95. The second-order valence-corrected chi connectivity index (χ2v) is 12.2. The highest BCUT2D eigenvalue weighted by atomic mass is 31.2. The number of hydrogen-bond donors (Lipinski definition) is 6. The average Bonchev–Trinajstić information content (AvgIpc) is 2.50. The summed E-state index contributed by atoms with van der Waals surface area (Å²) in [4.78, 5) is 37.0. The molecule has 0 aromatic carbocycles. The average molecular weight is 430 g/mol. The van der Waals surface area contributed by atoms with E-state index in [0.717, 1.165) is 19.3 Å². The van der Waals surface area contributed by atoms with Gasteiger partial charge in [-0.1, -0.05) is 64.7 Å². The van der Waals surface area contributed by atoms with Gasteiger partial charge in [0.05, 0.1) is 0 Å². The smallest absolute Gasteiger partial charge is 0.323 e. The lowest BCUT2D eigenvalue weighted by Crippen LogP contribution is -2.46. The first-order chi connectivity index (χ1) is 12.3. The summed E-state index contributed by atoms with van der Waals surface area (Å²) >= 11 is 0. The molecule has 0 saturated carbocycles. The van der Waals surface area contributed by atoms with E-state index in [9.17, 15) is 28.7 Å². The van der Waals surface area contributed by atoms with Gasteiger partial charge in [0, 0.05) is 12.0 Å². The van der Waals surface area contributed by atoms with Gasteiger partial charge >= 0.3 is 15.2 Å². The van der Waals surface area contributed by atoms with Crippen LogP contribution in [0.1, 0.15) is 91.4 Å². The van der Waals surface area contributed by atoms with Crippen LogP contribution in [0.3, 0.4) is 0 Å². The standard InChI is InChI=1S/C17H40N2O6P2/c1-4-5-6-7-8-9-10-11-12-13-16(2,3)19-15-14-17(18,26(20,21)22)27(23,24)25/h19H,4-15,18H2,1-3H3,(H2,20,21,22)(H2,23,24,25). The molecule has 0 spiro atoms. The van der Waals surface area contributed by atoms with Crippen LogP contribution in [0.4, 0.5) is 0 Å². The minimum Gasteiger partial charge on any atom is -0.323 e. The van der Waals surface area contributed by atoms with Gasteiger partial charge in [0.15, 0.2) is 0 Å². The molecule has 0 radical (unpaired) electrons. The molecular formula is C17H40N2O6P2. The molecule has 0 rings (SSSR count). The maximum Gasteiger partial charge on any atom is 0.357 e. The summed E-state index contributed by atoms with van der Waals surface area (Å²) in [6, 6.07) is 0. The maximum atomic E-state index is 11.5. The zero-order chi connectivity index (χ0) is 21.2. The molecule has 0 aliphatic rings. The highest BCUT2D eigenvalue weighted by Crippen LogP contribution is 2.67. The van der Waals surface area contributed by atoms with E-state index in [-0.39, 0.29) is 12.1 Å². The molecule has 0 unspecified atom stereocenters.